The van der Waals surface area contributed by atoms with Gasteiger partial charge in [-0.3, -0.25) is 9.48 Å². The van der Waals surface area contributed by atoms with Crippen LogP contribution in [-0.2, 0) is 18.3 Å². The third-order valence-electron chi connectivity index (χ3n) is 2.10. The number of hydrogen-bond acceptors (Lipinski definition) is 3. The number of aromatic nitrogens is 2. The van der Waals surface area contributed by atoms with Crippen molar-refractivity contribution in [3.8, 4) is 0 Å². The first kappa shape index (κ1) is 9.92. The SMILES string of the molecule is CC(=O)[C@H](CN)Cc1cnn(C)c1. The molecule has 0 aliphatic heterocycles. The highest BCUT2D eigenvalue weighted by Crippen LogP contribution is 2.07. The van der Waals surface area contributed by atoms with E-state index in [0.29, 0.717) is 13.0 Å². The normalized spacial score (nSPS) is 12.8. The molecular formula is C9H15N3O. The van der Waals surface area contributed by atoms with Crippen molar-refractivity contribution < 1.29 is 4.79 Å². The Balaban J connectivity index is 2.61. The molecular weight excluding hydrogens is 166 g/mol. The van der Waals surface area contributed by atoms with Gasteiger partial charge in [0.1, 0.15) is 5.78 Å². The molecule has 1 aromatic heterocycles. The monoisotopic (exact) mass is 181 g/mol. The molecule has 0 bridgehead atoms. The molecule has 1 rings (SSSR count). The van der Waals surface area contributed by atoms with E-state index >= 15 is 0 Å². The van der Waals surface area contributed by atoms with E-state index in [1.54, 1.807) is 17.8 Å². The van der Waals surface area contributed by atoms with Crippen LogP contribution < -0.4 is 5.73 Å². The topological polar surface area (TPSA) is 60.9 Å². The van der Waals surface area contributed by atoms with E-state index < -0.39 is 0 Å². The van der Waals surface area contributed by atoms with Gasteiger partial charge in [0.15, 0.2) is 0 Å². The number of hydrogen-bond donors (Lipinski definition) is 1. The lowest BCUT2D eigenvalue weighted by Crippen LogP contribution is -2.23. The second-order valence-corrected chi connectivity index (χ2v) is 3.27. The zero-order valence-corrected chi connectivity index (χ0v) is 8.03. The third-order valence-corrected chi connectivity index (χ3v) is 2.10. The molecule has 0 unspecified atom stereocenters. The average Bonchev–Trinajstić information content (AvgIpc) is 2.46. The summed E-state index contributed by atoms with van der Waals surface area (Å²) in [6.45, 7) is 1.98. The van der Waals surface area contributed by atoms with Gasteiger partial charge in [-0.15, -0.1) is 0 Å². The van der Waals surface area contributed by atoms with Crippen LogP contribution in [-0.4, -0.2) is 22.1 Å². The first-order valence-electron chi connectivity index (χ1n) is 4.31. The van der Waals surface area contributed by atoms with E-state index in [0.717, 1.165) is 5.56 Å². The number of ketones is 1. The smallest absolute Gasteiger partial charge is 0.134 e. The Bertz CT molecular complexity index is 293. The Morgan fingerprint density at radius 3 is 2.85 bits per heavy atom. The van der Waals surface area contributed by atoms with Gasteiger partial charge in [-0.1, -0.05) is 0 Å². The standard InChI is InChI=1S/C9H15N3O/c1-7(13)9(4-10)3-8-5-11-12(2)6-8/h5-6,9H,3-4,10H2,1-2H3/t9-/m0/s1. The van der Waals surface area contributed by atoms with Crippen LogP contribution in [0.2, 0.25) is 0 Å². The summed E-state index contributed by atoms with van der Waals surface area (Å²) in [5.74, 6) is 0.0792. The molecule has 0 fully saturated rings. The summed E-state index contributed by atoms with van der Waals surface area (Å²) in [6.07, 6.45) is 4.37. The molecule has 0 aliphatic carbocycles. The van der Waals surface area contributed by atoms with Crippen molar-refractivity contribution in [2.24, 2.45) is 18.7 Å². The van der Waals surface area contributed by atoms with E-state index in [-0.39, 0.29) is 11.7 Å². The first-order chi connectivity index (χ1) is 6.13. The molecule has 1 aromatic rings. The summed E-state index contributed by atoms with van der Waals surface area (Å²) in [6, 6.07) is 0. The van der Waals surface area contributed by atoms with E-state index in [4.69, 9.17) is 5.73 Å². The van der Waals surface area contributed by atoms with Gasteiger partial charge in [0.25, 0.3) is 0 Å². The predicted octanol–water partition coefficient (Wildman–Crippen LogP) is 0.126. The molecule has 0 spiro atoms. The zero-order chi connectivity index (χ0) is 9.84. The summed E-state index contributed by atoms with van der Waals surface area (Å²) < 4.78 is 1.73. The molecule has 2 N–H and O–H groups in total. The third kappa shape index (κ3) is 2.66. The molecule has 0 radical (unpaired) electrons. The van der Waals surface area contributed by atoms with Crippen LogP contribution >= 0.6 is 0 Å². The van der Waals surface area contributed by atoms with Crippen LogP contribution in [0, 0.1) is 5.92 Å². The molecule has 4 heteroatoms. The van der Waals surface area contributed by atoms with Crippen molar-refractivity contribution in [1.29, 1.82) is 0 Å². The van der Waals surface area contributed by atoms with Gasteiger partial charge in [0, 0.05) is 25.7 Å². The highest BCUT2D eigenvalue weighted by atomic mass is 16.1. The van der Waals surface area contributed by atoms with Crippen LogP contribution in [0.4, 0.5) is 0 Å². The Labute approximate surface area is 77.7 Å². The number of carbonyl (C=O) groups is 1. The highest BCUT2D eigenvalue weighted by molar-refractivity contribution is 5.78. The van der Waals surface area contributed by atoms with Gasteiger partial charge >= 0.3 is 0 Å². The number of nitrogens with two attached hydrogens (primary N) is 1. The lowest BCUT2D eigenvalue weighted by molar-refractivity contribution is -0.120. The maximum absolute atomic E-state index is 11.1. The maximum atomic E-state index is 11.1. The molecule has 1 atom stereocenters. The molecule has 1 heterocycles. The fourth-order valence-electron chi connectivity index (χ4n) is 1.25. The van der Waals surface area contributed by atoms with Gasteiger partial charge < -0.3 is 5.73 Å². The van der Waals surface area contributed by atoms with Crippen LogP contribution in [0.5, 0.6) is 0 Å². The number of nitrogens with zero attached hydrogens (tertiary/aromatic N) is 2. The Kier molecular flexibility index (Phi) is 3.19. The van der Waals surface area contributed by atoms with E-state index in [1.165, 1.54) is 0 Å². The van der Waals surface area contributed by atoms with Gasteiger partial charge in [0.05, 0.1) is 6.20 Å². The van der Waals surface area contributed by atoms with Crippen molar-refractivity contribution in [2.75, 3.05) is 6.54 Å². The number of Topliss-reactive ketones (excluding diaryl/α,β-unsaturated/α-hetero) is 1. The van der Waals surface area contributed by atoms with Crippen LogP contribution in [0.15, 0.2) is 12.4 Å². The second kappa shape index (κ2) is 4.18. The first-order valence-corrected chi connectivity index (χ1v) is 4.31. The lowest BCUT2D eigenvalue weighted by atomic mass is 9.98. The van der Waals surface area contributed by atoms with Gasteiger partial charge in [-0.2, -0.15) is 5.10 Å². The average molecular weight is 181 g/mol. The van der Waals surface area contributed by atoms with Crippen molar-refractivity contribution in [1.82, 2.24) is 9.78 Å². The number of carbonyl (C=O) groups excluding carboxylic acids is 1. The summed E-state index contributed by atoms with van der Waals surface area (Å²) in [4.78, 5) is 11.1. The predicted molar refractivity (Wildman–Crippen MR) is 50.1 cm³/mol. The summed E-state index contributed by atoms with van der Waals surface area (Å²) >= 11 is 0. The molecule has 0 saturated heterocycles. The largest absolute Gasteiger partial charge is 0.330 e. The Morgan fingerprint density at radius 2 is 2.46 bits per heavy atom. The van der Waals surface area contributed by atoms with E-state index in [1.807, 2.05) is 13.2 Å². The van der Waals surface area contributed by atoms with Crippen molar-refractivity contribution in [2.45, 2.75) is 13.3 Å². The molecule has 0 saturated carbocycles. The summed E-state index contributed by atoms with van der Waals surface area (Å²) in [5, 5.41) is 4.03. The summed E-state index contributed by atoms with van der Waals surface area (Å²) in [7, 11) is 1.86. The minimum absolute atomic E-state index is 0.0656. The van der Waals surface area contributed by atoms with E-state index in [2.05, 4.69) is 5.10 Å². The molecule has 0 amide bonds. The summed E-state index contributed by atoms with van der Waals surface area (Å²) in [5.41, 5.74) is 6.54. The maximum Gasteiger partial charge on any atom is 0.134 e. The molecule has 13 heavy (non-hydrogen) atoms. The fourth-order valence-corrected chi connectivity index (χ4v) is 1.25. The van der Waals surface area contributed by atoms with Gasteiger partial charge in [-0.25, -0.2) is 0 Å². The van der Waals surface area contributed by atoms with Crippen LogP contribution in [0.1, 0.15) is 12.5 Å². The zero-order valence-electron chi connectivity index (χ0n) is 8.03. The highest BCUT2D eigenvalue weighted by Gasteiger charge is 2.13. The minimum atomic E-state index is -0.0656. The lowest BCUT2D eigenvalue weighted by Gasteiger charge is -2.08. The molecule has 72 valence electrons. The van der Waals surface area contributed by atoms with Gasteiger partial charge in [0.2, 0.25) is 0 Å². The molecule has 4 nitrogen and oxygen atoms in total. The van der Waals surface area contributed by atoms with Crippen LogP contribution in [0.3, 0.4) is 0 Å². The van der Waals surface area contributed by atoms with Crippen molar-refractivity contribution >= 4 is 5.78 Å². The minimum Gasteiger partial charge on any atom is -0.330 e. The number of rotatable bonds is 4. The number of aryl methyl sites for hydroxylation is 1. The van der Waals surface area contributed by atoms with Crippen molar-refractivity contribution in [3.63, 3.8) is 0 Å². The quantitative estimate of drug-likeness (QED) is 0.718. The molecule has 0 aromatic carbocycles. The Hall–Kier alpha value is -1.16. The van der Waals surface area contributed by atoms with Crippen molar-refractivity contribution in [3.05, 3.63) is 18.0 Å². The molecule has 0 aliphatic rings. The van der Waals surface area contributed by atoms with E-state index in [9.17, 15) is 4.79 Å². The van der Waals surface area contributed by atoms with Gasteiger partial charge in [-0.05, 0) is 18.9 Å². The van der Waals surface area contributed by atoms with Crippen LogP contribution in [0.25, 0.3) is 0 Å². The fraction of sp³-hybridized carbons (Fsp3) is 0.556. The Morgan fingerprint density at radius 1 is 1.77 bits per heavy atom. The second-order valence-electron chi connectivity index (χ2n) is 3.27.